The van der Waals surface area contributed by atoms with E-state index < -0.39 is 6.10 Å². The monoisotopic (exact) mass is 246 g/mol. The molecule has 98 valence electrons. The third kappa shape index (κ3) is 6.36. The van der Waals surface area contributed by atoms with Crippen molar-refractivity contribution >= 4 is 5.78 Å². The number of allylic oxidation sites excluding steroid dienone is 2. The Morgan fingerprint density at radius 2 is 2.06 bits per heavy atom. The van der Waals surface area contributed by atoms with E-state index >= 15 is 0 Å². The van der Waals surface area contributed by atoms with Crippen molar-refractivity contribution in [1.82, 2.24) is 0 Å². The van der Waals surface area contributed by atoms with Crippen LogP contribution >= 0.6 is 0 Å². The Labute approximate surface area is 109 Å². The number of unbranched alkanes of at least 4 members (excludes halogenated alkanes) is 1. The van der Waals surface area contributed by atoms with Crippen molar-refractivity contribution in [3.63, 3.8) is 0 Å². The molecular formula is C16H22O2. The standard InChI is InChI=1S/C16H22O2/c1-2-3-5-10-15(17)13-16(18)12-11-14-8-6-4-7-9-14/h4-10,16,18H,2-3,11-13H2,1H3. The summed E-state index contributed by atoms with van der Waals surface area (Å²) in [6, 6.07) is 10.0. The number of aryl methyl sites for hydroxylation is 1. The van der Waals surface area contributed by atoms with E-state index in [-0.39, 0.29) is 12.2 Å². The third-order valence-electron chi connectivity index (χ3n) is 2.80. The molecule has 0 spiro atoms. The minimum Gasteiger partial charge on any atom is -0.393 e. The van der Waals surface area contributed by atoms with Crippen LogP contribution in [0.3, 0.4) is 0 Å². The zero-order chi connectivity index (χ0) is 13.2. The van der Waals surface area contributed by atoms with Crippen LogP contribution in [0.1, 0.15) is 38.2 Å². The minimum atomic E-state index is -0.538. The number of carbonyl (C=O) groups is 1. The second-order valence-electron chi connectivity index (χ2n) is 4.54. The third-order valence-corrected chi connectivity index (χ3v) is 2.80. The van der Waals surface area contributed by atoms with Crippen LogP contribution in [0, 0.1) is 0 Å². The van der Waals surface area contributed by atoms with Gasteiger partial charge >= 0.3 is 0 Å². The number of hydrogen-bond donors (Lipinski definition) is 1. The van der Waals surface area contributed by atoms with E-state index in [9.17, 15) is 9.90 Å². The Hall–Kier alpha value is -1.41. The minimum absolute atomic E-state index is 0.0176. The molecule has 0 heterocycles. The van der Waals surface area contributed by atoms with E-state index in [1.54, 1.807) is 6.08 Å². The number of hydrogen-bond acceptors (Lipinski definition) is 2. The zero-order valence-corrected chi connectivity index (χ0v) is 11.0. The summed E-state index contributed by atoms with van der Waals surface area (Å²) in [7, 11) is 0. The van der Waals surface area contributed by atoms with Gasteiger partial charge in [-0.2, -0.15) is 0 Å². The molecule has 0 bridgehead atoms. The van der Waals surface area contributed by atoms with Crippen LogP contribution in [0.15, 0.2) is 42.5 Å². The van der Waals surface area contributed by atoms with Crippen molar-refractivity contribution < 1.29 is 9.90 Å². The van der Waals surface area contributed by atoms with Gasteiger partial charge in [-0.1, -0.05) is 49.8 Å². The van der Waals surface area contributed by atoms with E-state index in [0.717, 1.165) is 19.3 Å². The first-order chi connectivity index (χ1) is 8.72. The maximum atomic E-state index is 11.5. The Morgan fingerprint density at radius 1 is 1.33 bits per heavy atom. The summed E-state index contributed by atoms with van der Waals surface area (Å²) >= 11 is 0. The molecule has 18 heavy (non-hydrogen) atoms. The van der Waals surface area contributed by atoms with Crippen molar-refractivity contribution in [2.75, 3.05) is 0 Å². The molecule has 2 heteroatoms. The molecule has 0 aliphatic heterocycles. The number of aliphatic hydroxyl groups is 1. The van der Waals surface area contributed by atoms with Gasteiger partial charge in [-0.15, -0.1) is 0 Å². The number of carbonyl (C=O) groups excluding carboxylic acids is 1. The Balaban J connectivity index is 2.25. The van der Waals surface area contributed by atoms with Gasteiger partial charge in [0.15, 0.2) is 5.78 Å². The normalized spacial score (nSPS) is 12.8. The summed E-state index contributed by atoms with van der Waals surface area (Å²) < 4.78 is 0. The summed E-state index contributed by atoms with van der Waals surface area (Å²) in [6.07, 6.45) is 6.58. The summed E-state index contributed by atoms with van der Waals surface area (Å²) in [6.45, 7) is 2.07. The van der Waals surface area contributed by atoms with Gasteiger partial charge in [0.1, 0.15) is 0 Å². The van der Waals surface area contributed by atoms with Gasteiger partial charge < -0.3 is 5.11 Å². The van der Waals surface area contributed by atoms with Gasteiger partial charge in [0.05, 0.1) is 6.10 Å². The van der Waals surface area contributed by atoms with Crippen LogP contribution in [0.5, 0.6) is 0 Å². The molecule has 0 saturated carbocycles. The van der Waals surface area contributed by atoms with E-state index in [4.69, 9.17) is 0 Å². The fourth-order valence-electron chi connectivity index (χ4n) is 1.76. The highest BCUT2D eigenvalue weighted by Crippen LogP contribution is 2.08. The molecule has 0 aliphatic rings. The number of aliphatic hydroxyl groups excluding tert-OH is 1. The number of ketones is 1. The van der Waals surface area contributed by atoms with Gasteiger partial charge in [0.25, 0.3) is 0 Å². The SMILES string of the molecule is CCCC=CC(=O)CC(O)CCc1ccccc1. The van der Waals surface area contributed by atoms with E-state index in [1.165, 1.54) is 5.56 Å². The molecule has 1 aromatic rings. The average molecular weight is 246 g/mol. The maximum absolute atomic E-state index is 11.5. The molecule has 0 saturated heterocycles. The van der Waals surface area contributed by atoms with Crippen molar-refractivity contribution in [3.05, 3.63) is 48.0 Å². The Bertz CT molecular complexity index is 368. The van der Waals surface area contributed by atoms with Crippen LogP contribution in [0.25, 0.3) is 0 Å². The lowest BCUT2D eigenvalue weighted by Crippen LogP contribution is -2.12. The lowest BCUT2D eigenvalue weighted by molar-refractivity contribution is -0.116. The molecule has 0 aromatic heterocycles. The fraction of sp³-hybridized carbons (Fsp3) is 0.438. The summed E-state index contributed by atoms with van der Waals surface area (Å²) in [5.41, 5.74) is 1.20. The molecule has 2 nitrogen and oxygen atoms in total. The molecule has 1 aromatic carbocycles. The van der Waals surface area contributed by atoms with Gasteiger partial charge in [0.2, 0.25) is 0 Å². The average Bonchev–Trinajstić information content (AvgIpc) is 2.38. The van der Waals surface area contributed by atoms with Crippen molar-refractivity contribution in [2.24, 2.45) is 0 Å². The van der Waals surface area contributed by atoms with E-state index in [1.807, 2.05) is 36.4 Å². The van der Waals surface area contributed by atoms with Crippen LogP contribution in [0.2, 0.25) is 0 Å². The fourth-order valence-corrected chi connectivity index (χ4v) is 1.76. The summed E-state index contributed by atoms with van der Waals surface area (Å²) in [5, 5.41) is 9.78. The molecule has 1 unspecified atom stereocenters. The number of benzene rings is 1. The van der Waals surface area contributed by atoms with Gasteiger partial charge in [0, 0.05) is 6.42 Å². The molecule has 1 N–H and O–H groups in total. The van der Waals surface area contributed by atoms with E-state index in [0.29, 0.717) is 6.42 Å². The molecule has 0 aliphatic carbocycles. The zero-order valence-electron chi connectivity index (χ0n) is 11.0. The first kappa shape index (κ1) is 14.7. The first-order valence-corrected chi connectivity index (χ1v) is 6.63. The molecule has 0 amide bonds. The smallest absolute Gasteiger partial charge is 0.157 e. The van der Waals surface area contributed by atoms with Gasteiger partial charge in [-0.05, 0) is 30.9 Å². The molecule has 0 radical (unpaired) electrons. The lowest BCUT2D eigenvalue weighted by Gasteiger charge is -2.08. The van der Waals surface area contributed by atoms with Crippen molar-refractivity contribution in [3.8, 4) is 0 Å². The van der Waals surface area contributed by atoms with Crippen LogP contribution in [0.4, 0.5) is 0 Å². The predicted octanol–water partition coefficient (Wildman–Crippen LogP) is 3.30. The van der Waals surface area contributed by atoms with Crippen molar-refractivity contribution in [1.29, 1.82) is 0 Å². The highest BCUT2D eigenvalue weighted by atomic mass is 16.3. The van der Waals surface area contributed by atoms with E-state index in [2.05, 4.69) is 6.92 Å². The molecule has 1 rings (SSSR count). The second-order valence-corrected chi connectivity index (χ2v) is 4.54. The maximum Gasteiger partial charge on any atom is 0.157 e. The summed E-state index contributed by atoms with van der Waals surface area (Å²) in [4.78, 5) is 11.5. The largest absolute Gasteiger partial charge is 0.393 e. The molecular weight excluding hydrogens is 224 g/mol. The Kier molecular flexibility index (Phi) is 7.04. The van der Waals surface area contributed by atoms with Crippen LogP contribution < -0.4 is 0 Å². The molecule has 0 fully saturated rings. The first-order valence-electron chi connectivity index (χ1n) is 6.63. The molecule has 1 atom stereocenters. The second kappa shape index (κ2) is 8.65. The predicted molar refractivity (Wildman–Crippen MR) is 74.4 cm³/mol. The summed E-state index contributed by atoms with van der Waals surface area (Å²) in [5.74, 6) is 0.0176. The van der Waals surface area contributed by atoms with Gasteiger partial charge in [-0.3, -0.25) is 4.79 Å². The van der Waals surface area contributed by atoms with Crippen LogP contribution in [-0.4, -0.2) is 17.0 Å². The quantitative estimate of drug-likeness (QED) is 0.715. The van der Waals surface area contributed by atoms with Crippen LogP contribution in [-0.2, 0) is 11.2 Å². The number of rotatable bonds is 8. The lowest BCUT2D eigenvalue weighted by atomic mass is 10.0. The highest BCUT2D eigenvalue weighted by Gasteiger charge is 2.08. The van der Waals surface area contributed by atoms with Crippen molar-refractivity contribution in [2.45, 2.75) is 45.1 Å². The topological polar surface area (TPSA) is 37.3 Å². The highest BCUT2D eigenvalue weighted by molar-refractivity contribution is 5.89. The van der Waals surface area contributed by atoms with Gasteiger partial charge in [-0.25, -0.2) is 0 Å². The Morgan fingerprint density at radius 3 is 2.72 bits per heavy atom.